The highest BCUT2D eigenvalue weighted by Crippen LogP contribution is 2.32. The van der Waals surface area contributed by atoms with Crippen LogP contribution in [0.1, 0.15) is 51.4 Å². The van der Waals surface area contributed by atoms with Gasteiger partial charge in [0.05, 0.1) is 6.04 Å². The third-order valence-electron chi connectivity index (χ3n) is 3.91. The molecule has 0 radical (unpaired) electrons. The van der Waals surface area contributed by atoms with E-state index in [4.69, 9.17) is 5.11 Å². The lowest BCUT2D eigenvalue weighted by atomic mass is 9.82. The molecule has 1 fully saturated rings. The fraction of sp³-hybridized carbons (Fsp3) is 0.714. The monoisotopic (exact) mass is 251 g/mol. The molecular formula is C14H21NO3. The van der Waals surface area contributed by atoms with E-state index in [0.717, 1.165) is 19.3 Å². The standard InChI is InChI=1S/C14H21NO3/c16-13(6-3-7-14(17)18)12-9-8-10-4-1-2-5-11(10)15-12/h5,10,12,15H,1-4,6-9H2,(H,17,18). The van der Waals surface area contributed by atoms with Crippen molar-refractivity contribution in [3.8, 4) is 0 Å². The molecule has 2 unspecified atom stereocenters. The number of hydrogen-bond donors (Lipinski definition) is 2. The summed E-state index contributed by atoms with van der Waals surface area (Å²) >= 11 is 0. The molecule has 2 N–H and O–H groups in total. The Morgan fingerprint density at radius 1 is 1.28 bits per heavy atom. The zero-order valence-corrected chi connectivity index (χ0v) is 10.7. The predicted octanol–water partition coefficient (Wildman–Crippen LogP) is 2.25. The summed E-state index contributed by atoms with van der Waals surface area (Å²) in [6.07, 6.45) is 8.73. The quantitative estimate of drug-likeness (QED) is 0.786. The Kier molecular flexibility index (Phi) is 4.39. The van der Waals surface area contributed by atoms with Gasteiger partial charge in [-0.1, -0.05) is 6.08 Å². The number of nitrogens with one attached hydrogen (secondary N) is 1. The SMILES string of the molecule is O=C(O)CCCC(=O)C1CCC2CCCC=C2N1. The van der Waals surface area contributed by atoms with Crippen molar-refractivity contribution in [3.05, 3.63) is 11.8 Å². The summed E-state index contributed by atoms with van der Waals surface area (Å²) in [5, 5.41) is 11.9. The number of piperidine rings is 1. The minimum absolute atomic E-state index is 0.0839. The number of Topliss-reactive ketones (excluding diaryl/α,β-unsaturated/α-hetero) is 1. The summed E-state index contributed by atoms with van der Waals surface area (Å²) < 4.78 is 0. The largest absolute Gasteiger partial charge is 0.481 e. The van der Waals surface area contributed by atoms with E-state index in [9.17, 15) is 9.59 Å². The van der Waals surface area contributed by atoms with Crippen LogP contribution in [0.15, 0.2) is 11.8 Å². The number of carbonyl (C=O) groups excluding carboxylic acids is 1. The number of carboxylic acids is 1. The first-order chi connectivity index (χ1) is 8.66. The summed E-state index contributed by atoms with van der Waals surface area (Å²) in [7, 11) is 0. The van der Waals surface area contributed by atoms with Gasteiger partial charge in [0.1, 0.15) is 0 Å². The molecule has 4 heteroatoms. The summed E-state index contributed by atoms with van der Waals surface area (Å²) in [4.78, 5) is 22.4. The molecule has 2 aliphatic rings. The smallest absolute Gasteiger partial charge is 0.303 e. The molecule has 0 bridgehead atoms. The Balaban J connectivity index is 1.81. The maximum atomic E-state index is 12.0. The van der Waals surface area contributed by atoms with Crippen LogP contribution in [0, 0.1) is 5.92 Å². The van der Waals surface area contributed by atoms with E-state index < -0.39 is 5.97 Å². The lowest BCUT2D eigenvalue weighted by Crippen LogP contribution is -2.43. The van der Waals surface area contributed by atoms with Crippen molar-refractivity contribution in [3.63, 3.8) is 0 Å². The first-order valence-corrected chi connectivity index (χ1v) is 6.88. The Morgan fingerprint density at radius 3 is 2.89 bits per heavy atom. The molecular weight excluding hydrogens is 230 g/mol. The Hall–Kier alpha value is -1.32. The van der Waals surface area contributed by atoms with Crippen molar-refractivity contribution in [2.75, 3.05) is 0 Å². The van der Waals surface area contributed by atoms with E-state index >= 15 is 0 Å². The minimum atomic E-state index is -0.825. The van der Waals surface area contributed by atoms with Crippen molar-refractivity contribution in [1.82, 2.24) is 5.32 Å². The predicted molar refractivity (Wildman–Crippen MR) is 68.1 cm³/mol. The third-order valence-corrected chi connectivity index (χ3v) is 3.91. The van der Waals surface area contributed by atoms with Gasteiger partial charge in [-0.05, 0) is 44.4 Å². The number of fused-ring (bicyclic) bond motifs is 1. The number of carboxylic acid groups (broad SMARTS) is 1. The van der Waals surface area contributed by atoms with Crippen molar-refractivity contribution in [1.29, 1.82) is 0 Å². The van der Waals surface area contributed by atoms with Crippen LogP contribution < -0.4 is 5.32 Å². The molecule has 0 saturated carbocycles. The van der Waals surface area contributed by atoms with Crippen LogP contribution in [0.5, 0.6) is 0 Å². The molecule has 0 spiro atoms. The molecule has 0 amide bonds. The van der Waals surface area contributed by atoms with Crippen LogP contribution >= 0.6 is 0 Å². The average molecular weight is 251 g/mol. The second-order valence-electron chi connectivity index (χ2n) is 5.28. The highest BCUT2D eigenvalue weighted by molar-refractivity contribution is 5.84. The van der Waals surface area contributed by atoms with Crippen molar-refractivity contribution in [2.45, 2.75) is 57.4 Å². The van der Waals surface area contributed by atoms with E-state index in [1.807, 2.05) is 0 Å². The molecule has 2 atom stereocenters. The number of allylic oxidation sites excluding steroid dienone is 2. The average Bonchev–Trinajstić information content (AvgIpc) is 2.37. The molecule has 1 aliphatic carbocycles. The zero-order chi connectivity index (χ0) is 13.0. The molecule has 18 heavy (non-hydrogen) atoms. The fourth-order valence-corrected chi connectivity index (χ4v) is 2.89. The van der Waals surface area contributed by atoms with E-state index in [1.165, 1.54) is 18.5 Å². The topological polar surface area (TPSA) is 66.4 Å². The summed E-state index contributed by atoms with van der Waals surface area (Å²) in [5.41, 5.74) is 1.25. The van der Waals surface area contributed by atoms with Crippen LogP contribution in [-0.2, 0) is 9.59 Å². The molecule has 0 aromatic rings. The summed E-state index contributed by atoms with van der Waals surface area (Å²) in [6, 6.07) is -0.0839. The minimum Gasteiger partial charge on any atom is -0.481 e. The van der Waals surface area contributed by atoms with E-state index in [2.05, 4.69) is 11.4 Å². The lowest BCUT2D eigenvalue weighted by Gasteiger charge is -2.34. The molecule has 1 heterocycles. The van der Waals surface area contributed by atoms with Crippen LogP contribution in [0.3, 0.4) is 0 Å². The molecule has 0 aromatic carbocycles. The maximum Gasteiger partial charge on any atom is 0.303 e. The number of rotatable bonds is 5. The Morgan fingerprint density at radius 2 is 2.11 bits per heavy atom. The second-order valence-corrected chi connectivity index (χ2v) is 5.28. The van der Waals surface area contributed by atoms with Crippen molar-refractivity contribution in [2.24, 2.45) is 5.92 Å². The molecule has 1 saturated heterocycles. The van der Waals surface area contributed by atoms with Gasteiger partial charge in [-0.15, -0.1) is 0 Å². The molecule has 1 aliphatic heterocycles. The van der Waals surface area contributed by atoms with Gasteiger partial charge in [0.25, 0.3) is 0 Å². The zero-order valence-electron chi connectivity index (χ0n) is 10.7. The number of carbonyl (C=O) groups is 2. The number of hydrogen-bond acceptors (Lipinski definition) is 3. The number of ketones is 1. The lowest BCUT2D eigenvalue weighted by molar-refractivity contribution is -0.137. The third kappa shape index (κ3) is 3.34. The van der Waals surface area contributed by atoms with Gasteiger partial charge in [-0.25, -0.2) is 0 Å². The summed E-state index contributed by atoms with van der Waals surface area (Å²) in [6.45, 7) is 0. The summed E-state index contributed by atoms with van der Waals surface area (Å²) in [5.74, 6) is -0.0301. The van der Waals surface area contributed by atoms with E-state index in [-0.39, 0.29) is 18.2 Å². The van der Waals surface area contributed by atoms with Gasteiger partial charge in [0.15, 0.2) is 5.78 Å². The van der Waals surface area contributed by atoms with E-state index in [1.54, 1.807) is 0 Å². The van der Waals surface area contributed by atoms with Gasteiger partial charge in [-0.2, -0.15) is 0 Å². The first kappa shape index (κ1) is 13.1. The van der Waals surface area contributed by atoms with E-state index in [0.29, 0.717) is 18.8 Å². The van der Waals surface area contributed by atoms with Gasteiger partial charge in [-0.3, -0.25) is 9.59 Å². The fourth-order valence-electron chi connectivity index (χ4n) is 2.89. The van der Waals surface area contributed by atoms with Crippen LogP contribution in [0.4, 0.5) is 0 Å². The van der Waals surface area contributed by atoms with Gasteiger partial charge < -0.3 is 10.4 Å². The first-order valence-electron chi connectivity index (χ1n) is 6.88. The van der Waals surface area contributed by atoms with Crippen LogP contribution in [0.25, 0.3) is 0 Å². The van der Waals surface area contributed by atoms with Crippen molar-refractivity contribution >= 4 is 11.8 Å². The number of aliphatic carboxylic acids is 1. The Labute approximate surface area is 107 Å². The molecule has 100 valence electrons. The van der Waals surface area contributed by atoms with Crippen molar-refractivity contribution < 1.29 is 14.7 Å². The second kappa shape index (κ2) is 6.03. The Bertz CT molecular complexity index is 362. The van der Waals surface area contributed by atoms with Gasteiger partial charge in [0, 0.05) is 18.5 Å². The van der Waals surface area contributed by atoms with Gasteiger partial charge in [0.2, 0.25) is 0 Å². The normalized spacial score (nSPS) is 26.8. The molecule has 0 aromatic heterocycles. The highest BCUT2D eigenvalue weighted by atomic mass is 16.4. The van der Waals surface area contributed by atoms with Crippen LogP contribution in [-0.4, -0.2) is 22.9 Å². The molecule has 2 rings (SSSR count). The molecule has 4 nitrogen and oxygen atoms in total. The van der Waals surface area contributed by atoms with Crippen LogP contribution in [0.2, 0.25) is 0 Å². The maximum absolute atomic E-state index is 12.0. The highest BCUT2D eigenvalue weighted by Gasteiger charge is 2.29. The van der Waals surface area contributed by atoms with Gasteiger partial charge >= 0.3 is 5.97 Å².